The number of hydrogen-bond donors (Lipinski definition) is 0. The van der Waals surface area contributed by atoms with Crippen LogP contribution in [0, 0.1) is 18.7 Å². The molecule has 1 unspecified atom stereocenters. The van der Waals surface area contributed by atoms with Gasteiger partial charge in [0.1, 0.15) is 5.82 Å². The van der Waals surface area contributed by atoms with E-state index in [0.29, 0.717) is 11.1 Å². The van der Waals surface area contributed by atoms with Gasteiger partial charge in [0, 0.05) is 25.4 Å². The zero-order valence-electron chi connectivity index (χ0n) is 11.0. The first-order chi connectivity index (χ1) is 9.24. The van der Waals surface area contributed by atoms with Crippen molar-refractivity contribution >= 4 is 16.1 Å². The number of carbonyl (C=O) groups is 1. The molecule has 1 aliphatic rings. The van der Waals surface area contributed by atoms with Gasteiger partial charge in [0.2, 0.25) is 5.91 Å². The van der Waals surface area contributed by atoms with E-state index in [-0.39, 0.29) is 31.2 Å². The summed E-state index contributed by atoms with van der Waals surface area (Å²) in [7, 11) is -4.58. The lowest BCUT2D eigenvalue weighted by atomic mass is 10.1. The smallest absolute Gasteiger partial charge is 0.302 e. The van der Waals surface area contributed by atoms with Crippen LogP contribution in [0.25, 0.3) is 0 Å². The van der Waals surface area contributed by atoms with Gasteiger partial charge in [-0.1, -0.05) is 12.1 Å². The number of carbonyl (C=O) groups excluding carboxylic acids is 1. The Morgan fingerprint density at radius 1 is 1.40 bits per heavy atom. The number of hydrogen-bond acceptors (Lipinski definition) is 3. The SMILES string of the molecule is Cc1ccc(CN2CC(CS(=O)(=O)F)CC2=O)cc1F. The Hall–Kier alpha value is -1.50. The minimum atomic E-state index is -4.58. The fourth-order valence-corrected chi connectivity index (χ4v) is 3.14. The van der Waals surface area contributed by atoms with E-state index in [4.69, 9.17) is 0 Å². The summed E-state index contributed by atoms with van der Waals surface area (Å²) in [5, 5.41) is 0. The Kier molecular flexibility index (Phi) is 4.08. The van der Waals surface area contributed by atoms with E-state index in [1.807, 2.05) is 0 Å². The lowest BCUT2D eigenvalue weighted by molar-refractivity contribution is -0.128. The molecule has 110 valence electrons. The molecule has 1 heterocycles. The molecule has 1 fully saturated rings. The molecule has 1 amide bonds. The number of benzene rings is 1. The highest BCUT2D eigenvalue weighted by Gasteiger charge is 2.32. The molecule has 0 N–H and O–H groups in total. The number of rotatable bonds is 4. The van der Waals surface area contributed by atoms with Gasteiger partial charge in [0.15, 0.2) is 0 Å². The maximum Gasteiger partial charge on any atom is 0.302 e. The fourth-order valence-electron chi connectivity index (χ4n) is 2.36. The molecule has 7 heteroatoms. The number of nitrogens with zero attached hydrogens (tertiary/aromatic N) is 1. The van der Waals surface area contributed by atoms with Gasteiger partial charge >= 0.3 is 10.2 Å². The van der Waals surface area contributed by atoms with Gasteiger partial charge in [-0.2, -0.15) is 8.42 Å². The normalized spacial score (nSPS) is 19.6. The third kappa shape index (κ3) is 3.75. The summed E-state index contributed by atoms with van der Waals surface area (Å²) in [6, 6.07) is 4.68. The van der Waals surface area contributed by atoms with Crippen molar-refractivity contribution in [3.63, 3.8) is 0 Å². The molecule has 0 saturated carbocycles. The third-order valence-corrected chi connectivity index (χ3v) is 4.21. The zero-order valence-corrected chi connectivity index (χ0v) is 11.8. The highest BCUT2D eigenvalue weighted by atomic mass is 32.3. The number of aryl methyl sites for hydroxylation is 1. The van der Waals surface area contributed by atoms with Crippen LogP contribution < -0.4 is 0 Å². The molecule has 1 aromatic carbocycles. The predicted molar refractivity (Wildman–Crippen MR) is 69.6 cm³/mol. The second-order valence-corrected chi connectivity index (χ2v) is 6.54. The molecule has 1 aromatic rings. The van der Waals surface area contributed by atoms with Crippen LogP contribution in [0.2, 0.25) is 0 Å². The summed E-state index contributed by atoms with van der Waals surface area (Å²) in [5.74, 6) is -1.76. The van der Waals surface area contributed by atoms with E-state index in [1.54, 1.807) is 19.1 Å². The standard InChI is InChI=1S/C13H15F2NO3S/c1-9-2-3-10(4-12(9)14)6-16-7-11(5-13(16)17)8-20(15,18)19/h2-4,11H,5-8H2,1H3. The summed E-state index contributed by atoms with van der Waals surface area (Å²) < 4.78 is 47.2. The Labute approximate surface area is 116 Å². The van der Waals surface area contributed by atoms with E-state index in [2.05, 4.69) is 0 Å². The van der Waals surface area contributed by atoms with Gasteiger partial charge in [-0.3, -0.25) is 4.79 Å². The Morgan fingerprint density at radius 3 is 2.70 bits per heavy atom. The lowest BCUT2D eigenvalue weighted by Crippen LogP contribution is -2.25. The predicted octanol–water partition coefficient (Wildman–Crippen LogP) is 1.78. The molecule has 4 nitrogen and oxygen atoms in total. The Bertz CT molecular complexity index is 631. The van der Waals surface area contributed by atoms with Crippen molar-refractivity contribution in [1.29, 1.82) is 0 Å². The first kappa shape index (κ1) is 14.9. The summed E-state index contributed by atoms with van der Waals surface area (Å²) in [5.41, 5.74) is 1.15. The topological polar surface area (TPSA) is 54.5 Å². The van der Waals surface area contributed by atoms with Crippen LogP contribution in [0.5, 0.6) is 0 Å². The molecule has 1 aliphatic heterocycles. The third-order valence-electron chi connectivity index (χ3n) is 3.34. The van der Waals surface area contributed by atoms with E-state index < -0.39 is 21.9 Å². The molecule has 1 saturated heterocycles. The van der Waals surface area contributed by atoms with Crippen LogP contribution in [0.4, 0.5) is 8.28 Å². The van der Waals surface area contributed by atoms with Crippen molar-refractivity contribution < 1.29 is 21.5 Å². The molecule has 0 aromatic heterocycles. The van der Waals surface area contributed by atoms with E-state index in [1.165, 1.54) is 11.0 Å². The molecule has 20 heavy (non-hydrogen) atoms. The van der Waals surface area contributed by atoms with E-state index in [9.17, 15) is 21.5 Å². The minimum Gasteiger partial charge on any atom is -0.338 e. The van der Waals surface area contributed by atoms with Crippen molar-refractivity contribution in [2.75, 3.05) is 12.3 Å². The van der Waals surface area contributed by atoms with Crippen molar-refractivity contribution in [2.24, 2.45) is 5.92 Å². The first-order valence-electron chi connectivity index (χ1n) is 6.20. The van der Waals surface area contributed by atoms with Gasteiger partial charge in [-0.05, 0) is 24.1 Å². The average Bonchev–Trinajstić information content (AvgIpc) is 2.62. The molecule has 0 spiro atoms. The molecule has 0 aliphatic carbocycles. The summed E-state index contributed by atoms with van der Waals surface area (Å²) >= 11 is 0. The van der Waals surface area contributed by atoms with Gasteiger partial charge in [0.25, 0.3) is 0 Å². The van der Waals surface area contributed by atoms with E-state index >= 15 is 0 Å². The van der Waals surface area contributed by atoms with Crippen LogP contribution in [0.15, 0.2) is 18.2 Å². The van der Waals surface area contributed by atoms with Crippen molar-refractivity contribution in [3.8, 4) is 0 Å². The highest BCUT2D eigenvalue weighted by Crippen LogP contribution is 2.22. The number of amides is 1. The molecular formula is C13H15F2NO3S. The highest BCUT2D eigenvalue weighted by molar-refractivity contribution is 7.86. The molecule has 1 atom stereocenters. The fraction of sp³-hybridized carbons (Fsp3) is 0.462. The second kappa shape index (κ2) is 5.47. The summed E-state index contributed by atoms with van der Waals surface area (Å²) in [6.45, 7) is 2.03. The van der Waals surface area contributed by atoms with Crippen LogP contribution in [0.3, 0.4) is 0 Å². The van der Waals surface area contributed by atoms with Crippen molar-refractivity contribution in [3.05, 3.63) is 35.1 Å². The van der Waals surface area contributed by atoms with Crippen LogP contribution in [-0.2, 0) is 21.6 Å². The quantitative estimate of drug-likeness (QED) is 0.797. The lowest BCUT2D eigenvalue weighted by Gasteiger charge is -2.16. The molecule has 2 rings (SSSR count). The molecular weight excluding hydrogens is 288 g/mol. The van der Waals surface area contributed by atoms with Gasteiger partial charge in [-0.25, -0.2) is 4.39 Å². The monoisotopic (exact) mass is 303 g/mol. The summed E-state index contributed by atoms with van der Waals surface area (Å²) in [6.07, 6.45) is 0.0114. The molecule has 0 radical (unpaired) electrons. The van der Waals surface area contributed by atoms with E-state index in [0.717, 1.165) is 0 Å². The van der Waals surface area contributed by atoms with Crippen LogP contribution in [-0.4, -0.2) is 31.5 Å². The number of halogens is 2. The minimum absolute atomic E-state index is 0.0114. The largest absolute Gasteiger partial charge is 0.338 e. The van der Waals surface area contributed by atoms with Crippen LogP contribution in [0.1, 0.15) is 17.5 Å². The maximum atomic E-state index is 13.4. The van der Waals surface area contributed by atoms with Gasteiger partial charge < -0.3 is 4.90 Å². The first-order valence-corrected chi connectivity index (χ1v) is 7.75. The summed E-state index contributed by atoms with van der Waals surface area (Å²) in [4.78, 5) is 13.2. The Balaban J connectivity index is 2.03. The van der Waals surface area contributed by atoms with Crippen LogP contribution >= 0.6 is 0 Å². The van der Waals surface area contributed by atoms with Gasteiger partial charge in [-0.15, -0.1) is 3.89 Å². The van der Waals surface area contributed by atoms with Crippen molar-refractivity contribution in [2.45, 2.75) is 19.9 Å². The maximum absolute atomic E-state index is 13.4. The second-order valence-electron chi connectivity index (χ2n) is 5.13. The molecule has 0 bridgehead atoms. The van der Waals surface area contributed by atoms with Gasteiger partial charge in [0.05, 0.1) is 5.75 Å². The zero-order chi connectivity index (χ0) is 14.9. The number of likely N-dealkylation sites (tertiary alicyclic amines) is 1. The van der Waals surface area contributed by atoms with Crippen molar-refractivity contribution in [1.82, 2.24) is 4.90 Å². The average molecular weight is 303 g/mol. The Morgan fingerprint density at radius 2 is 2.10 bits per heavy atom.